The van der Waals surface area contributed by atoms with Crippen LogP contribution in [0.1, 0.15) is 10.4 Å². The summed E-state index contributed by atoms with van der Waals surface area (Å²) in [6.07, 6.45) is 1.59. The first-order valence-electron chi connectivity index (χ1n) is 8.96. The van der Waals surface area contributed by atoms with E-state index in [2.05, 4.69) is 5.32 Å². The van der Waals surface area contributed by atoms with E-state index < -0.39 is 5.91 Å². The minimum absolute atomic E-state index is 0.107. The van der Waals surface area contributed by atoms with Gasteiger partial charge < -0.3 is 10.1 Å². The lowest BCUT2D eigenvalue weighted by atomic mass is 10.1. The Morgan fingerprint density at radius 3 is 2.69 bits per heavy atom. The highest BCUT2D eigenvalue weighted by molar-refractivity contribution is 7.09. The number of para-hydroxylation sites is 2. The number of fused-ring (bicyclic) bond motifs is 1. The number of halogens is 1. The molecular formula is C22H17ClN2O3S. The molecule has 29 heavy (non-hydrogen) atoms. The minimum atomic E-state index is -0.394. The van der Waals surface area contributed by atoms with Crippen LogP contribution in [0.3, 0.4) is 0 Å². The molecule has 5 nitrogen and oxygen atoms in total. The van der Waals surface area contributed by atoms with Crippen LogP contribution in [0, 0.1) is 0 Å². The molecule has 4 rings (SSSR count). The Hall–Kier alpha value is -3.09. The summed E-state index contributed by atoms with van der Waals surface area (Å²) in [5.41, 5.74) is 1.22. The Labute approximate surface area is 177 Å². The second kappa shape index (κ2) is 8.51. The van der Waals surface area contributed by atoms with E-state index in [9.17, 15) is 9.59 Å². The number of carbonyl (C=O) groups is 2. The van der Waals surface area contributed by atoms with E-state index in [1.165, 1.54) is 4.90 Å². The first-order chi connectivity index (χ1) is 14.1. The number of anilines is 1. The molecule has 2 heterocycles. The number of carbonyl (C=O) groups excluding carboxylic acids is 2. The molecule has 2 aromatic carbocycles. The van der Waals surface area contributed by atoms with Crippen LogP contribution in [0.4, 0.5) is 5.69 Å². The highest BCUT2D eigenvalue weighted by Gasteiger charge is 2.31. The third-order valence-electron chi connectivity index (χ3n) is 4.37. The molecule has 1 aliphatic heterocycles. The number of benzene rings is 2. The van der Waals surface area contributed by atoms with Gasteiger partial charge in [-0.2, -0.15) is 0 Å². The van der Waals surface area contributed by atoms with Gasteiger partial charge in [-0.1, -0.05) is 48.0 Å². The van der Waals surface area contributed by atoms with E-state index in [-0.39, 0.29) is 18.2 Å². The lowest BCUT2D eigenvalue weighted by molar-refractivity contribution is -0.123. The predicted molar refractivity (Wildman–Crippen MR) is 115 cm³/mol. The Morgan fingerprint density at radius 2 is 1.90 bits per heavy atom. The second-order valence-corrected chi connectivity index (χ2v) is 7.79. The zero-order chi connectivity index (χ0) is 20.2. The molecule has 0 atom stereocenters. The molecule has 0 radical (unpaired) electrons. The molecular weight excluding hydrogens is 408 g/mol. The first-order valence-corrected chi connectivity index (χ1v) is 10.2. The van der Waals surface area contributed by atoms with Crippen molar-refractivity contribution in [1.29, 1.82) is 0 Å². The molecule has 0 spiro atoms. The molecule has 3 aromatic rings. The lowest BCUT2D eigenvalue weighted by Crippen LogP contribution is -2.44. The van der Waals surface area contributed by atoms with Crippen LogP contribution in [0.2, 0.25) is 5.02 Å². The molecule has 146 valence electrons. The van der Waals surface area contributed by atoms with Gasteiger partial charge in [0.1, 0.15) is 6.54 Å². The van der Waals surface area contributed by atoms with Crippen molar-refractivity contribution in [3.8, 4) is 5.75 Å². The number of thiophene rings is 1. The van der Waals surface area contributed by atoms with Crippen LogP contribution >= 0.6 is 22.9 Å². The fourth-order valence-electron chi connectivity index (χ4n) is 2.95. The zero-order valence-corrected chi connectivity index (χ0v) is 16.9. The molecule has 0 aliphatic carbocycles. The number of hydrogen-bond donors (Lipinski definition) is 1. The first kappa shape index (κ1) is 19.2. The van der Waals surface area contributed by atoms with E-state index in [1.807, 2.05) is 35.7 Å². The lowest BCUT2D eigenvalue weighted by Gasteiger charge is -2.30. The van der Waals surface area contributed by atoms with Gasteiger partial charge in [0.15, 0.2) is 11.5 Å². The maximum absolute atomic E-state index is 13.1. The molecule has 1 aliphatic rings. The molecule has 1 N–H and O–H groups in total. The van der Waals surface area contributed by atoms with Crippen molar-refractivity contribution in [1.82, 2.24) is 5.32 Å². The zero-order valence-electron chi connectivity index (χ0n) is 15.3. The highest BCUT2D eigenvalue weighted by Crippen LogP contribution is 2.35. The van der Waals surface area contributed by atoms with Crippen LogP contribution < -0.4 is 15.0 Å². The normalized spacial score (nSPS) is 14.4. The van der Waals surface area contributed by atoms with Crippen LogP contribution in [0.5, 0.6) is 5.75 Å². The topological polar surface area (TPSA) is 58.6 Å². The molecule has 0 bridgehead atoms. The standard InChI is InChI=1S/C22H17ClN2O3S/c23-17-8-2-1-6-15(17)12-20-22(27)25(18-9-3-4-10-19(18)28-20)14-21(26)24-13-16-7-5-11-29-16/h1-12H,13-14H2,(H,24,26)/b20-12+. The average molecular weight is 425 g/mol. The van der Waals surface area contributed by atoms with Gasteiger partial charge in [0.25, 0.3) is 5.91 Å². The highest BCUT2D eigenvalue weighted by atomic mass is 35.5. The maximum Gasteiger partial charge on any atom is 0.294 e. The summed E-state index contributed by atoms with van der Waals surface area (Å²) >= 11 is 7.78. The quantitative estimate of drug-likeness (QED) is 0.614. The second-order valence-electron chi connectivity index (χ2n) is 6.35. The third-order valence-corrected chi connectivity index (χ3v) is 5.59. The number of nitrogens with one attached hydrogen (secondary N) is 1. The average Bonchev–Trinajstić information content (AvgIpc) is 3.25. The van der Waals surface area contributed by atoms with Gasteiger partial charge >= 0.3 is 0 Å². The predicted octanol–water partition coefficient (Wildman–Crippen LogP) is 4.48. The minimum Gasteiger partial charge on any atom is -0.449 e. The largest absolute Gasteiger partial charge is 0.449 e. The molecule has 0 unspecified atom stereocenters. The molecule has 0 fully saturated rings. The Kier molecular flexibility index (Phi) is 5.64. The number of rotatable bonds is 5. The summed E-state index contributed by atoms with van der Waals surface area (Å²) in [4.78, 5) is 28.1. The fourth-order valence-corrected chi connectivity index (χ4v) is 3.79. The van der Waals surface area contributed by atoms with Crippen molar-refractivity contribution in [2.45, 2.75) is 6.54 Å². The fraction of sp³-hybridized carbons (Fsp3) is 0.0909. The van der Waals surface area contributed by atoms with Crippen molar-refractivity contribution in [3.05, 3.63) is 87.3 Å². The van der Waals surface area contributed by atoms with Gasteiger partial charge in [-0.3, -0.25) is 14.5 Å². The molecule has 0 saturated heterocycles. The maximum atomic E-state index is 13.1. The monoisotopic (exact) mass is 424 g/mol. The molecule has 2 amide bonds. The molecule has 0 saturated carbocycles. The summed E-state index contributed by atoms with van der Waals surface area (Å²) in [6, 6.07) is 18.2. The smallest absolute Gasteiger partial charge is 0.294 e. The van der Waals surface area contributed by atoms with Crippen molar-refractivity contribution in [2.75, 3.05) is 11.4 Å². The van der Waals surface area contributed by atoms with Crippen molar-refractivity contribution < 1.29 is 14.3 Å². The van der Waals surface area contributed by atoms with Gasteiger partial charge in [-0.25, -0.2) is 0 Å². The Bertz CT molecular complexity index is 1080. The number of hydrogen-bond acceptors (Lipinski definition) is 4. The Balaban J connectivity index is 1.59. The molecule has 1 aromatic heterocycles. The summed E-state index contributed by atoms with van der Waals surface area (Å²) in [5.74, 6) is -0.0187. The van der Waals surface area contributed by atoms with Crippen molar-refractivity contribution in [2.24, 2.45) is 0 Å². The Morgan fingerprint density at radius 1 is 1.10 bits per heavy atom. The summed E-state index contributed by atoms with van der Waals surface area (Å²) in [7, 11) is 0. The van der Waals surface area contributed by atoms with E-state index in [4.69, 9.17) is 16.3 Å². The van der Waals surface area contributed by atoms with Crippen molar-refractivity contribution in [3.63, 3.8) is 0 Å². The summed E-state index contributed by atoms with van der Waals surface area (Å²) < 4.78 is 5.82. The number of amides is 2. The van der Waals surface area contributed by atoms with Crippen LogP contribution in [0.15, 0.2) is 71.8 Å². The van der Waals surface area contributed by atoms with Gasteiger partial charge in [-0.15, -0.1) is 11.3 Å². The van der Waals surface area contributed by atoms with Gasteiger partial charge in [-0.05, 0) is 41.3 Å². The van der Waals surface area contributed by atoms with Gasteiger partial charge in [0.2, 0.25) is 5.91 Å². The number of ether oxygens (including phenoxy) is 1. The SMILES string of the molecule is O=C(CN1C(=O)/C(=C\c2ccccc2Cl)Oc2ccccc21)NCc1cccs1. The number of nitrogens with zero attached hydrogens (tertiary/aromatic N) is 1. The van der Waals surface area contributed by atoms with E-state index in [0.29, 0.717) is 28.6 Å². The summed E-state index contributed by atoms with van der Waals surface area (Å²) in [6.45, 7) is 0.323. The summed E-state index contributed by atoms with van der Waals surface area (Å²) in [5, 5.41) is 5.32. The van der Waals surface area contributed by atoms with E-state index >= 15 is 0 Å². The van der Waals surface area contributed by atoms with E-state index in [0.717, 1.165) is 4.88 Å². The van der Waals surface area contributed by atoms with E-state index in [1.54, 1.807) is 47.7 Å². The van der Waals surface area contributed by atoms with Gasteiger partial charge in [0.05, 0.1) is 12.2 Å². The van der Waals surface area contributed by atoms with Crippen LogP contribution in [0.25, 0.3) is 6.08 Å². The van der Waals surface area contributed by atoms with Crippen molar-refractivity contribution >= 4 is 46.5 Å². The van der Waals surface area contributed by atoms with Gasteiger partial charge in [0, 0.05) is 9.90 Å². The van der Waals surface area contributed by atoms with Crippen LogP contribution in [-0.2, 0) is 16.1 Å². The third kappa shape index (κ3) is 4.34. The molecule has 7 heteroatoms. The van der Waals surface area contributed by atoms with Crippen LogP contribution in [-0.4, -0.2) is 18.4 Å².